The lowest BCUT2D eigenvalue weighted by atomic mass is 10.1. The molecule has 0 aliphatic rings. The number of aliphatic hydroxyl groups excluding tert-OH is 6. The van der Waals surface area contributed by atoms with Gasteiger partial charge in [-0.1, -0.05) is 13.2 Å². The molecule has 0 aromatic carbocycles. The van der Waals surface area contributed by atoms with Crippen molar-refractivity contribution in [3.63, 3.8) is 0 Å². The van der Waals surface area contributed by atoms with E-state index in [0.717, 1.165) is 6.92 Å². The van der Waals surface area contributed by atoms with Crippen molar-refractivity contribution >= 4 is 23.9 Å². The summed E-state index contributed by atoms with van der Waals surface area (Å²) in [5, 5.41) is 56.2. The van der Waals surface area contributed by atoms with E-state index in [2.05, 4.69) is 13.2 Å². The number of hydrogen-bond donors (Lipinski definition) is 6. The number of carbonyl (C=O) groups is 4. The summed E-state index contributed by atoms with van der Waals surface area (Å²) >= 11 is 0. The fourth-order valence-electron chi connectivity index (χ4n) is 2.29. The molecule has 1 unspecified atom stereocenters. The molecule has 0 fully saturated rings. The van der Waals surface area contributed by atoms with Gasteiger partial charge in [0, 0.05) is 12.2 Å². The number of hydrogen-bond acceptors (Lipinski definition) is 14. The Morgan fingerprint density at radius 2 is 1.06 bits per heavy atom. The highest BCUT2D eigenvalue weighted by Crippen LogP contribution is 2.28. The number of esters is 4. The first-order valence-electron chi connectivity index (χ1n) is 9.76. The first-order chi connectivity index (χ1) is 16.5. The molecule has 35 heavy (non-hydrogen) atoms. The summed E-state index contributed by atoms with van der Waals surface area (Å²) in [6, 6.07) is 0. The molecule has 0 saturated heterocycles. The molecule has 1 atom stereocenters. The van der Waals surface area contributed by atoms with E-state index in [0.29, 0.717) is 12.2 Å². The van der Waals surface area contributed by atoms with E-state index in [4.69, 9.17) is 18.9 Å². The maximum absolute atomic E-state index is 12.8. The number of aliphatic hydroxyl groups is 6. The zero-order valence-corrected chi connectivity index (χ0v) is 18.8. The number of ether oxygens (including phenoxy) is 4. The van der Waals surface area contributed by atoms with Gasteiger partial charge in [-0.05, 0) is 18.1 Å². The Hall–Kier alpha value is -3.40. The average Bonchev–Trinajstić information content (AvgIpc) is 2.84. The maximum atomic E-state index is 12.8. The Labute approximate surface area is 199 Å². The van der Waals surface area contributed by atoms with Crippen LogP contribution >= 0.6 is 0 Å². The quantitative estimate of drug-likeness (QED) is 0.0748. The van der Waals surface area contributed by atoms with Gasteiger partial charge < -0.3 is 49.6 Å². The van der Waals surface area contributed by atoms with Crippen molar-refractivity contribution in [2.24, 2.45) is 0 Å². The Kier molecular flexibility index (Phi) is 14.0. The van der Waals surface area contributed by atoms with Crippen LogP contribution in [0.15, 0.2) is 47.6 Å². The second kappa shape index (κ2) is 15.5. The molecule has 0 amide bonds. The van der Waals surface area contributed by atoms with Gasteiger partial charge in [-0.2, -0.15) is 0 Å². The molecular weight excluding hydrogens is 476 g/mol. The fourth-order valence-corrected chi connectivity index (χ4v) is 2.29. The lowest BCUT2D eigenvalue weighted by Crippen LogP contribution is -2.54. The van der Waals surface area contributed by atoms with Gasteiger partial charge in [0.1, 0.15) is 0 Å². The minimum absolute atomic E-state index is 0.415. The molecule has 6 N–H and O–H groups in total. The second-order valence-corrected chi connectivity index (χ2v) is 6.40. The second-order valence-electron chi connectivity index (χ2n) is 6.40. The highest BCUT2D eigenvalue weighted by atomic mass is 16.9. The molecule has 0 spiro atoms. The Morgan fingerprint density at radius 3 is 1.34 bits per heavy atom. The summed E-state index contributed by atoms with van der Waals surface area (Å²) in [7, 11) is 0. The van der Waals surface area contributed by atoms with Crippen LogP contribution in [0.5, 0.6) is 0 Å². The van der Waals surface area contributed by atoms with Crippen LogP contribution in [0.4, 0.5) is 0 Å². The highest BCUT2D eigenvalue weighted by molar-refractivity contribution is 5.92. The van der Waals surface area contributed by atoms with Gasteiger partial charge in [-0.3, -0.25) is 0 Å². The minimum Gasteiger partial charge on any atom is -0.447 e. The van der Waals surface area contributed by atoms with E-state index >= 15 is 0 Å². The Morgan fingerprint density at radius 1 is 0.686 bits per heavy atom. The predicted molar refractivity (Wildman–Crippen MR) is 114 cm³/mol. The van der Waals surface area contributed by atoms with Gasteiger partial charge in [0.2, 0.25) is 6.10 Å². The van der Waals surface area contributed by atoms with Crippen LogP contribution in [-0.4, -0.2) is 106 Å². The third-order valence-corrected chi connectivity index (χ3v) is 4.26. The van der Waals surface area contributed by atoms with Crippen molar-refractivity contribution in [2.45, 2.75) is 19.0 Å². The zero-order valence-electron chi connectivity index (χ0n) is 18.8. The molecule has 14 heteroatoms. The van der Waals surface area contributed by atoms with Gasteiger partial charge in [0.05, 0.1) is 50.8 Å². The normalized spacial score (nSPS) is 11.4. The van der Waals surface area contributed by atoms with Crippen molar-refractivity contribution in [2.75, 3.05) is 39.6 Å². The number of carbonyl (C=O) groups excluding carboxylic acids is 4. The molecule has 196 valence electrons. The summed E-state index contributed by atoms with van der Waals surface area (Å²) < 4.78 is 19.8. The topological polar surface area (TPSA) is 227 Å². The lowest BCUT2D eigenvalue weighted by molar-refractivity contribution is -0.357. The van der Waals surface area contributed by atoms with E-state index in [1.54, 1.807) is 0 Å². The third-order valence-electron chi connectivity index (χ3n) is 4.26. The fraction of sp³-hybridized carbons (Fsp3) is 0.429. The monoisotopic (exact) mass is 504 g/mol. The third kappa shape index (κ3) is 8.71. The summed E-state index contributed by atoms with van der Waals surface area (Å²) in [4.78, 5) is 49.4. The SMILES string of the molecule is C=CC(=O)OC(C)C(OC(=O)C=C)(OC(=O)C(CO)=C(CO)CO)OC(=O)C(CO)=C(CO)CO. The first-order valence-corrected chi connectivity index (χ1v) is 9.76. The molecule has 0 aliphatic heterocycles. The molecule has 0 aromatic heterocycles. The predicted octanol–water partition coefficient (Wildman–Crippen LogP) is -2.88. The number of rotatable bonds is 15. The molecule has 0 rings (SSSR count). The summed E-state index contributed by atoms with van der Waals surface area (Å²) in [6.07, 6.45) is -0.712. The molecule has 14 nitrogen and oxygen atoms in total. The van der Waals surface area contributed by atoms with Crippen molar-refractivity contribution in [1.29, 1.82) is 0 Å². The molecule has 0 aromatic rings. The van der Waals surface area contributed by atoms with Gasteiger partial charge in [-0.25, -0.2) is 19.2 Å². The van der Waals surface area contributed by atoms with E-state index in [9.17, 15) is 49.8 Å². The van der Waals surface area contributed by atoms with Crippen LogP contribution in [0.3, 0.4) is 0 Å². The molecule has 0 saturated carbocycles. The van der Waals surface area contributed by atoms with Gasteiger partial charge >= 0.3 is 29.9 Å². The standard InChI is InChI=1S/C21H28O14/c1-4-17(28)32-12(3)21(33-18(29)5-2,34-19(30)15(10-26)13(6-22)7-23)35-20(31)16(11-27)14(8-24)9-25/h4-5,12,22-27H,1-2,6-11H2,3H3. The van der Waals surface area contributed by atoms with Crippen LogP contribution in [0.2, 0.25) is 0 Å². The average molecular weight is 504 g/mol. The van der Waals surface area contributed by atoms with E-state index < -0.39 is 97.9 Å². The highest BCUT2D eigenvalue weighted by Gasteiger charge is 2.52. The molecule has 0 bridgehead atoms. The molecule has 0 aliphatic carbocycles. The minimum atomic E-state index is -3.25. The Balaban J connectivity index is 6.90. The van der Waals surface area contributed by atoms with E-state index in [-0.39, 0.29) is 0 Å². The smallest absolute Gasteiger partial charge is 0.447 e. The van der Waals surface area contributed by atoms with Crippen LogP contribution in [-0.2, 0) is 38.1 Å². The summed E-state index contributed by atoms with van der Waals surface area (Å²) in [5.41, 5.74) is -2.28. The van der Waals surface area contributed by atoms with E-state index in [1.807, 2.05) is 0 Å². The van der Waals surface area contributed by atoms with Crippen LogP contribution in [0.25, 0.3) is 0 Å². The first kappa shape index (κ1) is 31.6. The van der Waals surface area contributed by atoms with E-state index in [1.165, 1.54) is 0 Å². The zero-order chi connectivity index (χ0) is 27.2. The molecule has 0 radical (unpaired) electrons. The van der Waals surface area contributed by atoms with Gasteiger partial charge in [0.15, 0.2) is 0 Å². The lowest BCUT2D eigenvalue weighted by Gasteiger charge is -2.35. The maximum Gasteiger partial charge on any atom is 0.463 e. The Bertz CT molecular complexity index is 813. The molecular formula is C21H28O14. The van der Waals surface area contributed by atoms with Crippen LogP contribution in [0, 0.1) is 0 Å². The largest absolute Gasteiger partial charge is 0.463 e. The summed E-state index contributed by atoms with van der Waals surface area (Å²) in [5.74, 6) is -8.94. The van der Waals surface area contributed by atoms with Crippen molar-refractivity contribution < 1.29 is 68.8 Å². The van der Waals surface area contributed by atoms with Crippen molar-refractivity contribution in [3.05, 3.63) is 47.6 Å². The van der Waals surface area contributed by atoms with Crippen LogP contribution < -0.4 is 0 Å². The van der Waals surface area contributed by atoms with Gasteiger partial charge in [-0.15, -0.1) is 0 Å². The van der Waals surface area contributed by atoms with Crippen molar-refractivity contribution in [1.82, 2.24) is 0 Å². The van der Waals surface area contributed by atoms with Gasteiger partial charge in [0.25, 0.3) is 0 Å². The van der Waals surface area contributed by atoms with Crippen molar-refractivity contribution in [3.8, 4) is 0 Å². The molecule has 0 heterocycles. The van der Waals surface area contributed by atoms with Crippen LogP contribution in [0.1, 0.15) is 6.92 Å². The summed E-state index contributed by atoms with van der Waals surface area (Å²) in [6.45, 7) is 1.43.